The maximum atomic E-state index is 9.25. The van der Waals surface area contributed by atoms with Crippen LogP contribution in [-0.4, -0.2) is 38.9 Å². The number of aliphatic hydroxyl groups excluding tert-OH is 2. The summed E-state index contributed by atoms with van der Waals surface area (Å²) in [6, 6.07) is 0. The fourth-order valence-electron chi connectivity index (χ4n) is 1.10. The van der Waals surface area contributed by atoms with E-state index in [0.29, 0.717) is 16.7 Å². The Morgan fingerprint density at radius 3 is 2.60 bits per heavy atom. The molecule has 1 rings (SSSR count). The number of hydrogen-bond donors (Lipinski definition) is 3. The predicted molar refractivity (Wildman–Crippen MR) is 60.5 cm³/mol. The Balaban J connectivity index is 2.88. The van der Waals surface area contributed by atoms with E-state index in [1.807, 2.05) is 6.92 Å². The molecule has 0 bridgehead atoms. The van der Waals surface area contributed by atoms with Crippen LogP contribution in [0, 0.1) is 0 Å². The van der Waals surface area contributed by atoms with Gasteiger partial charge in [0.25, 0.3) is 0 Å². The Bertz CT molecular complexity index is 310. The Morgan fingerprint density at radius 2 is 2.13 bits per heavy atom. The Hall–Kier alpha value is -0.720. The highest BCUT2D eigenvalue weighted by Gasteiger charge is 2.27. The van der Waals surface area contributed by atoms with Crippen LogP contribution >= 0.6 is 15.9 Å². The summed E-state index contributed by atoms with van der Waals surface area (Å²) in [5.41, 5.74) is -0.739. The molecule has 0 atom stereocenters. The van der Waals surface area contributed by atoms with Gasteiger partial charge in [0.15, 0.2) is 0 Å². The maximum absolute atomic E-state index is 9.25. The maximum Gasteiger partial charge on any atom is 0.144 e. The molecule has 6 heteroatoms. The molecule has 0 saturated heterocycles. The van der Waals surface area contributed by atoms with Crippen molar-refractivity contribution in [3.8, 4) is 0 Å². The molecule has 84 valence electrons. The van der Waals surface area contributed by atoms with Crippen molar-refractivity contribution in [1.29, 1.82) is 0 Å². The molecule has 0 saturated carbocycles. The molecule has 0 spiro atoms. The molecule has 0 fully saturated rings. The second kappa shape index (κ2) is 5.39. The number of hydrogen-bond acceptors (Lipinski definition) is 5. The van der Waals surface area contributed by atoms with Crippen LogP contribution in [-0.2, 0) is 0 Å². The van der Waals surface area contributed by atoms with E-state index in [0.717, 1.165) is 0 Å². The van der Waals surface area contributed by atoms with Crippen molar-refractivity contribution < 1.29 is 10.2 Å². The summed E-state index contributed by atoms with van der Waals surface area (Å²) in [6.07, 6.45) is 3.60. The average molecular weight is 276 g/mol. The summed E-state index contributed by atoms with van der Waals surface area (Å²) in [5, 5.41) is 21.5. The smallest absolute Gasteiger partial charge is 0.144 e. The van der Waals surface area contributed by atoms with Crippen LogP contribution in [0.3, 0.4) is 0 Å². The first-order valence-electron chi connectivity index (χ1n) is 4.63. The Kier molecular flexibility index (Phi) is 4.44. The van der Waals surface area contributed by atoms with Gasteiger partial charge in [-0.3, -0.25) is 0 Å². The van der Waals surface area contributed by atoms with E-state index in [2.05, 4.69) is 31.2 Å². The van der Waals surface area contributed by atoms with E-state index >= 15 is 0 Å². The first-order chi connectivity index (χ1) is 7.17. The summed E-state index contributed by atoms with van der Waals surface area (Å²) in [4.78, 5) is 7.85. The van der Waals surface area contributed by atoms with Crippen molar-refractivity contribution in [2.45, 2.75) is 18.9 Å². The van der Waals surface area contributed by atoms with Crippen molar-refractivity contribution >= 4 is 21.7 Å². The van der Waals surface area contributed by atoms with Crippen molar-refractivity contribution in [3.63, 3.8) is 0 Å². The van der Waals surface area contributed by atoms with Gasteiger partial charge in [-0.2, -0.15) is 0 Å². The summed E-state index contributed by atoms with van der Waals surface area (Å²) >= 11 is 3.29. The van der Waals surface area contributed by atoms with E-state index in [1.54, 1.807) is 6.20 Å². The van der Waals surface area contributed by atoms with Gasteiger partial charge in [-0.1, -0.05) is 6.92 Å². The number of nitrogens with zero attached hydrogens (tertiary/aromatic N) is 2. The lowest BCUT2D eigenvalue weighted by Crippen LogP contribution is -2.45. The topological polar surface area (TPSA) is 78.3 Å². The number of nitrogens with one attached hydrogen (secondary N) is 1. The van der Waals surface area contributed by atoms with E-state index in [9.17, 15) is 10.2 Å². The fourth-order valence-corrected chi connectivity index (χ4v) is 1.42. The third kappa shape index (κ3) is 2.87. The number of anilines is 1. The molecule has 0 radical (unpaired) electrons. The molecule has 5 nitrogen and oxygen atoms in total. The molecule has 1 aromatic heterocycles. The largest absolute Gasteiger partial charge is 0.394 e. The SMILES string of the molecule is CCC(CO)(CO)Nc1ncncc1Br. The molecule has 15 heavy (non-hydrogen) atoms. The molecule has 0 unspecified atom stereocenters. The number of halogens is 1. The van der Waals surface area contributed by atoms with Gasteiger partial charge in [0.2, 0.25) is 0 Å². The summed E-state index contributed by atoms with van der Waals surface area (Å²) < 4.78 is 0.699. The highest BCUT2D eigenvalue weighted by Crippen LogP contribution is 2.22. The molecular formula is C9H14BrN3O2. The van der Waals surface area contributed by atoms with Crippen LogP contribution in [0.4, 0.5) is 5.82 Å². The first kappa shape index (κ1) is 12.4. The highest BCUT2D eigenvalue weighted by molar-refractivity contribution is 9.10. The third-order valence-corrected chi connectivity index (χ3v) is 2.91. The molecule has 0 aromatic carbocycles. The zero-order valence-corrected chi connectivity index (χ0v) is 10.0. The van der Waals surface area contributed by atoms with Crippen LogP contribution < -0.4 is 5.32 Å². The molecule has 0 amide bonds. The highest BCUT2D eigenvalue weighted by atomic mass is 79.9. The van der Waals surface area contributed by atoms with Crippen molar-refractivity contribution in [2.75, 3.05) is 18.5 Å². The first-order valence-corrected chi connectivity index (χ1v) is 5.42. The molecule has 0 aliphatic carbocycles. The molecule has 0 aliphatic heterocycles. The van der Waals surface area contributed by atoms with Gasteiger partial charge in [-0.05, 0) is 22.4 Å². The van der Waals surface area contributed by atoms with Crippen LogP contribution in [0.2, 0.25) is 0 Å². The predicted octanol–water partition coefficient (Wildman–Crippen LogP) is 0.784. The lowest BCUT2D eigenvalue weighted by molar-refractivity contribution is 0.132. The molecular weight excluding hydrogens is 262 g/mol. The minimum absolute atomic E-state index is 0.156. The summed E-state index contributed by atoms with van der Waals surface area (Å²) in [7, 11) is 0. The van der Waals surface area contributed by atoms with Gasteiger partial charge in [0.05, 0.1) is 23.2 Å². The van der Waals surface area contributed by atoms with Crippen molar-refractivity contribution in [2.24, 2.45) is 0 Å². The summed E-state index contributed by atoms with van der Waals surface area (Å²) in [6.45, 7) is 1.57. The zero-order valence-electron chi connectivity index (χ0n) is 8.44. The van der Waals surface area contributed by atoms with Gasteiger partial charge >= 0.3 is 0 Å². The van der Waals surface area contributed by atoms with Crippen molar-refractivity contribution in [1.82, 2.24) is 9.97 Å². The van der Waals surface area contributed by atoms with Gasteiger partial charge < -0.3 is 15.5 Å². The minimum Gasteiger partial charge on any atom is -0.394 e. The molecule has 0 aliphatic rings. The van der Waals surface area contributed by atoms with Gasteiger partial charge in [0.1, 0.15) is 12.1 Å². The van der Waals surface area contributed by atoms with Gasteiger partial charge in [-0.25, -0.2) is 9.97 Å². The Morgan fingerprint density at radius 1 is 1.47 bits per heavy atom. The number of aromatic nitrogens is 2. The van der Waals surface area contributed by atoms with Crippen LogP contribution in [0.25, 0.3) is 0 Å². The summed E-state index contributed by atoms with van der Waals surface area (Å²) in [5.74, 6) is 0.565. The third-order valence-electron chi connectivity index (χ3n) is 2.33. The number of aliphatic hydroxyl groups is 2. The van der Waals surface area contributed by atoms with E-state index in [4.69, 9.17) is 0 Å². The monoisotopic (exact) mass is 275 g/mol. The average Bonchev–Trinajstić information content (AvgIpc) is 2.29. The second-order valence-corrected chi connectivity index (χ2v) is 4.15. The van der Waals surface area contributed by atoms with E-state index < -0.39 is 5.54 Å². The second-order valence-electron chi connectivity index (χ2n) is 3.29. The standard InChI is InChI=1S/C9H14BrN3O2/c1-2-9(4-14,5-15)13-8-7(10)3-11-6-12-8/h3,6,14-15H,2,4-5H2,1H3,(H,11,12,13). The number of rotatable bonds is 5. The minimum atomic E-state index is -0.739. The molecule has 1 heterocycles. The van der Waals surface area contributed by atoms with Gasteiger partial charge in [0, 0.05) is 6.20 Å². The van der Waals surface area contributed by atoms with Crippen LogP contribution in [0.1, 0.15) is 13.3 Å². The quantitative estimate of drug-likeness (QED) is 0.741. The molecule has 1 aromatic rings. The fraction of sp³-hybridized carbons (Fsp3) is 0.556. The van der Waals surface area contributed by atoms with E-state index in [1.165, 1.54) is 6.33 Å². The van der Waals surface area contributed by atoms with Crippen LogP contribution in [0.5, 0.6) is 0 Å². The van der Waals surface area contributed by atoms with Crippen LogP contribution in [0.15, 0.2) is 17.0 Å². The van der Waals surface area contributed by atoms with E-state index in [-0.39, 0.29) is 13.2 Å². The zero-order chi connectivity index (χ0) is 11.3. The van der Waals surface area contributed by atoms with Gasteiger partial charge in [-0.15, -0.1) is 0 Å². The Labute approximate surface area is 96.7 Å². The van der Waals surface area contributed by atoms with Crippen molar-refractivity contribution in [3.05, 3.63) is 17.0 Å². The molecule has 3 N–H and O–H groups in total. The lowest BCUT2D eigenvalue weighted by atomic mass is 9.98. The lowest BCUT2D eigenvalue weighted by Gasteiger charge is -2.30. The normalized spacial score (nSPS) is 11.5.